The van der Waals surface area contributed by atoms with Gasteiger partial charge in [-0.2, -0.15) is 10.4 Å². The zero-order valence-electron chi connectivity index (χ0n) is 15.0. The van der Waals surface area contributed by atoms with Crippen molar-refractivity contribution < 1.29 is 0 Å². The second-order valence-electron chi connectivity index (χ2n) is 6.15. The largest absolute Gasteiger partial charge is 0.382 e. The first kappa shape index (κ1) is 18.1. The molecule has 0 saturated carbocycles. The van der Waals surface area contributed by atoms with Crippen molar-refractivity contribution in [3.8, 4) is 6.07 Å². The maximum absolute atomic E-state index is 8.84. The molecular formula is C18H21N9. The molecular weight excluding hydrogens is 342 g/mol. The number of nitrogens with two attached hydrogens (primary N) is 1. The van der Waals surface area contributed by atoms with Crippen molar-refractivity contribution in [3.63, 3.8) is 0 Å². The summed E-state index contributed by atoms with van der Waals surface area (Å²) in [6, 6.07) is 11.1. The van der Waals surface area contributed by atoms with Gasteiger partial charge in [0.15, 0.2) is 5.84 Å². The summed E-state index contributed by atoms with van der Waals surface area (Å²) in [5.41, 5.74) is 9.34. The van der Waals surface area contributed by atoms with Crippen LogP contribution in [-0.2, 0) is 0 Å². The lowest BCUT2D eigenvalue weighted by molar-refractivity contribution is 0.912. The number of nitrogens with one attached hydrogen (secondary N) is 3. The Bertz CT molecular complexity index is 890. The van der Waals surface area contributed by atoms with Crippen LogP contribution in [0.3, 0.4) is 0 Å². The predicted molar refractivity (Wildman–Crippen MR) is 107 cm³/mol. The smallest absolute Gasteiger partial charge is 0.201 e. The molecule has 3 rings (SSSR count). The van der Waals surface area contributed by atoms with Crippen LogP contribution in [0.5, 0.6) is 0 Å². The number of hydrogen-bond donors (Lipinski definition) is 4. The minimum atomic E-state index is -0.378. The van der Waals surface area contributed by atoms with E-state index < -0.39 is 0 Å². The van der Waals surface area contributed by atoms with Crippen LogP contribution in [0, 0.1) is 23.7 Å². The van der Waals surface area contributed by atoms with Crippen molar-refractivity contribution in [2.45, 2.75) is 19.8 Å². The molecule has 0 amide bonds. The van der Waals surface area contributed by atoms with Crippen molar-refractivity contribution in [1.82, 2.24) is 9.97 Å². The monoisotopic (exact) mass is 363 g/mol. The van der Waals surface area contributed by atoms with E-state index in [1.165, 1.54) is 12.8 Å². The Morgan fingerprint density at radius 3 is 2.52 bits per heavy atom. The highest BCUT2D eigenvalue weighted by Gasteiger charge is 2.15. The summed E-state index contributed by atoms with van der Waals surface area (Å²) in [6.45, 7) is 3.95. The average molecular weight is 363 g/mol. The van der Waals surface area contributed by atoms with Crippen LogP contribution in [0.1, 0.15) is 18.7 Å². The van der Waals surface area contributed by atoms with E-state index in [1.807, 2.05) is 25.1 Å². The second kappa shape index (κ2) is 8.14. The van der Waals surface area contributed by atoms with Crippen LogP contribution in [0.25, 0.3) is 0 Å². The molecule has 1 aliphatic heterocycles. The molecule has 0 atom stereocenters. The summed E-state index contributed by atoms with van der Waals surface area (Å²) >= 11 is 0. The van der Waals surface area contributed by atoms with Gasteiger partial charge >= 0.3 is 0 Å². The summed E-state index contributed by atoms with van der Waals surface area (Å²) in [5.74, 6) is 2.04. The number of anilines is 4. The summed E-state index contributed by atoms with van der Waals surface area (Å²) in [6.07, 6.45) is 2.39. The molecule has 138 valence electrons. The number of aromatic nitrogens is 2. The average Bonchev–Trinajstić information content (AvgIpc) is 3.18. The highest BCUT2D eigenvalue weighted by Crippen LogP contribution is 2.23. The van der Waals surface area contributed by atoms with Gasteiger partial charge in [-0.15, -0.1) is 0 Å². The van der Waals surface area contributed by atoms with Gasteiger partial charge in [-0.1, -0.05) is 0 Å². The summed E-state index contributed by atoms with van der Waals surface area (Å²) < 4.78 is 0. The Morgan fingerprint density at radius 1 is 1.22 bits per heavy atom. The van der Waals surface area contributed by atoms with Gasteiger partial charge in [0.05, 0.1) is 5.69 Å². The quantitative estimate of drug-likeness (QED) is 0.351. The molecule has 9 heteroatoms. The SMILES string of the molecule is Cc1nc(Nc2ccc(N/N=C(\C#N)C(=N)N)cc2)cc(N2CCCC2)n1. The Hall–Kier alpha value is -3.67. The van der Waals surface area contributed by atoms with Gasteiger partial charge < -0.3 is 16.0 Å². The molecule has 9 nitrogen and oxygen atoms in total. The van der Waals surface area contributed by atoms with Crippen LogP contribution in [0.15, 0.2) is 35.4 Å². The Balaban J connectivity index is 1.70. The third kappa shape index (κ3) is 4.70. The first-order valence-corrected chi connectivity index (χ1v) is 8.61. The number of hydrogen-bond acceptors (Lipinski definition) is 8. The number of hydrazone groups is 1. The minimum Gasteiger partial charge on any atom is -0.382 e. The number of rotatable bonds is 6. The van der Waals surface area contributed by atoms with Crippen molar-refractivity contribution in [2.75, 3.05) is 28.7 Å². The molecule has 27 heavy (non-hydrogen) atoms. The molecule has 2 aromatic rings. The molecule has 1 aromatic carbocycles. The van der Waals surface area contributed by atoms with E-state index in [1.54, 1.807) is 18.2 Å². The molecule has 1 fully saturated rings. The van der Waals surface area contributed by atoms with Crippen LogP contribution in [0.2, 0.25) is 0 Å². The normalized spacial score (nSPS) is 13.9. The number of nitrogens with zero attached hydrogens (tertiary/aromatic N) is 5. The van der Waals surface area contributed by atoms with E-state index in [0.717, 1.165) is 36.2 Å². The molecule has 2 heterocycles. The van der Waals surface area contributed by atoms with E-state index in [0.29, 0.717) is 5.69 Å². The van der Waals surface area contributed by atoms with Gasteiger partial charge in [-0.3, -0.25) is 10.8 Å². The zero-order chi connectivity index (χ0) is 19.2. The molecule has 0 unspecified atom stereocenters. The first-order chi connectivity index (χ1) is 13.0. The highest BCUT2D eigenvalue weighted by molar-refractivity contribution is 6.45. The summed E-state index contributed by atoms with van der Waals surface area (Å²) in [5, 5.41) is 23.2. The van der Waals surface area contributed by atoms with Gasteiger partial charge in [-0.25, -0.2) is 9.97 Å². The summed E-state index contributed by atoms with van der Waals surface area (Å²) in [4.78, 5) is 11.3. The van der Waals surface area contributed by atoms with E-state index in [-0.39, 0.29) is 11.5 Å². The third-order valence-corrected chi connectivity index (χ3v) is 4.07. The van der Waals surface area contributed by atoms with E-state index in [2.05, 4.69) is 30.7 Å². The maximum Gasteiger partial charge on any atom is 0.201 e. The fourth-order valence-corrected chi connectivity index (χ4v) is 2.77. The maximum atomic E-state index is 8.84. The number of benzene rings is 1. The van der Waals surface area contributed by atoms with Gasteiger partial charge in [0.25, 0.3) is 0 Å². The molecule has 1 saturated heterocycles. The Kier molecular flexibility index (Phi) is 5.47. The lowest BCUT2D eigenvalue weighted by atomic mass is 10.3. The third-order valence-electron chi connectivity index (χ3n) is 4.07. The van der Waals surface area contributed by atoms with Crippen LogP contribution >= 0.6 is 0 Å². The van der Waals surface area contributed by atoms with E-state index >= 15 is 0 Å². The number of amidine groups is 1. The van der Waals surface area contributed by atoms with Crippen molar-refractivity contribution in [1.29, 1.82) is 10.7 Å². The van der Waals surface area contributed by atoms with Gasteiger partial charge in [-0.05, 0) is 44.0 Å². The van der Waals surface area contributed by atoms with E-state index in [4.69, 9.17) is 16.4 Å². The van der Waals surface area contributed by atoms with Crippen molar-refractivity contribution >= 4 is 34.6 Å². The molecule has 0 spiro atoms. The predicted octanol–water partition coefficient (Wildman–Crippen LogP) is 2.36. The lowest BCUT2D eigenvalue weighted by Crippen LogP contribution is -2.21. The van der Waals surface area contributed by atoms with Crippen molar-refractivity contribution in [3.05, 3.63) is 36.2 Å². The number of nitriles is 1. The molecule has 1 aliphatic rings. The van der Waals surface area contributed by atoms with Gasteiger partial charge in [0.2, 0.25) is 5.71 Å². The van der Waals surface area contributed by atoms with Gasteiger partial charge in [0, 0.05) is 24.8 Å². The molecule has 5 N–H and O–H groups in total. The fourth-order valence-electron chi connectivity index (χ4n) is 2.77. The van der Waals surface area contributed by atoms with Crippen LogP contribution in [-0.4, -0.2) is 34.6 Å². The highest BCUT2D eigenvalue weighted by atomic mass is 15.3. The zero-order valence-corrected chi connectivity index (χ0v) is 15.0. The van der Waals surface area contributed by atoms with Crippen LogP contribution in [0.4, 0.5) is 23.0 Å². The summed E-state index contributed by atoms with van der Waals surface area (Å²) in [7, 11) is 0. The lowest BCUT2D eigenvalue weighted by Gasteiger charge is -2.17. The first-order valence-electron chi connectivity index (χ1n) is 8.61. The molecule has 0 aliphatic carbocycles. The van der Waals surface area contributed by atoms with Crippen LogP contribution < -0.4 is 21.4 Å². The molecule has 1 aromatic heterocycles. The molecule has 0 radical (unpaired) electrons. The van der Waals surface area contributed by atoms with Crippen molar-refractivity contribution in [2.24, 2.45) is 10.8 Å². The fraction of sp³-hybridized carbons (Fsp3) is 0.278. The second-order valence-corrected chi connectivity index (χ2v) is 6.15. The Labute approximate surface area is 157 Å². The molecule has 0 bridgehead atoms. The van der Waals surface area contributed by atoms with Gasteiger partial charge in [0.1, 0.15) is 23.5 Å². The Morgan fingerprint density at radius 2 is 1.89 bits per heavy atom. The standard InChI is InChI=1S/C18H21N9/c1-12-22-16(10-17(23-12)27-8-2-3-9-27)24-13-4-6-14(7-5-13)25-26-15(11-19)18(20)21/h4-7,10,25H,2-3,8-9H2,1H3,(H3,20,21)(H,22,23,24)/b26-15+. The topological polar surface area (TPSA) is 139 Å². The minimum absolute atomic E-state index is 0.164. The number of aryl methyl sites for hydroxylation is 1. The van der Waals surface area contributed by atoms with E-state index in [9.17, 15) is 0 Å².